The lowest BCUT2D eigenvalue weighted by molar-refractivity contribution is 0.0981. The molecule has 0 saturated heterocycles. The summed E-state index contributed by atoms with van der Waals surface area (Å²) in [7, 11) is 0. The summed E-state index contributed by atoms with van der Waals surface area (Å²) in [5, 5.41) is 16.6. The summed E-state index contributed by atoms with van der Waals surface area (Å²) in [5.41, 5.74) is 8.41. The average molecular weight is 913 g/mol. The van der Waals surface area contributed by atoms with Crippen LogP contribution in [-0.2, 0) is 0 Å². The second-order valence-electron chi connectivity index (χ2n) is 19.3. The summed E-state index contributed by atoms with van der Waals surface area (Å²) < 4.78 is 0. The van der Waals surface area contributed by atoms with Gasteiger partial charge in [-0.2, -0.15) is 0 Å². The molecule has 0 aromatic heterocycles. The third kappa shape index (κ3) is 5.78. The molecule has 0 fully saturated rings. The first-order valence-electron chi connectivity index (χ1n) is 24.7. The summed E-state index contributed by atoms with van der Waals surface area (Å²) in [6.45, 7) is 0. The van der Waals surface area contributed by atoms with Gasteiger partial charge in [0.15, 0.2) is 11.6 Å². The van der Waals surface area contributed by atoms with Gasteiger partial charge >= 0.3 is 0 Å². The summed E-state index contributed by atoms with van der Waals surface area (Å²) >= 11 is 0. The molecule has 0 spiro atoms. The highest BCUT2D eigenvalue weighted by Gasteiger charge is 2.40. The van der Waals surface area contributed by atoms with Crippen LogP contribution in [0.25, 0.3) is 131 Å². The third-order valence-electron chi connectivity index (χ3n) is 15.5. The molecule has 0 heterocycles. The first-order chi connectivity index (χ1) is 35.6. The maximum atomic E-state index is 17.3. The van der Waals surface area contributed by atoms with Crippen molar-refractivity contribution in [2.75, 3.05) is 0 Å². The fraction of sp³-hybridized carbons (Fsp3) is 0. The van der Waals surface area contributed by atoms with Crippen LogP contribution in [0.15, 0.2) is 243 Å². The zero-order valence-electron chi connectivity index (χ0n) is 38.9. The molecule has 2 nitrogen and oxygen atoms in total. The minimum Gasteiger partial charge on any atom is -0.289 e. The lowest BCUT2D eigenvalue weighted by atomic mass is 9.71. The lowest BCUT2D eigenvalue weighted by Gasteiger charge is -2.29. The molecule has 72 heavy (non-hydrogen) atoms. The van der Waals surface area contributed by atoms with Crippen molar-refractivity contribution in [1.82, 2.24) is 0 Å². The largest absolute Gasteiger partial charge is 0.289 e. The van der Waals surface area contributed by atoms with Crippen LogP contribution in [0.2, 0.25) is 0 Å². The highest BCUT2D eigenvalue weighted by atomic mass is 16.1. The number of hydrogen-bond acceptors (Lipinski definition) is 2. The van der Waals surface area contributed by atoms with E-state index in [1.54, 1.807) is 0 Å². The van der Waals surface area contributed by atoms with Crippen molar-refractivity contribution in [3.63, 3.8) is 0 Å². The highest BCUT2D eigenvalue weighted by Crippen LogP contribution is 2.52. The molecule has 0 N–H and O–H groups in total. The number of carbonyl (C=O) groups excluding carboxylic acids is 2. The Morgan fingerprint density at radius 1 is 0.167 bits per heavy atom. The van der Waals surface area contributed by atoms with Crippen molar-refractivity contribution >= 4 is 97.7 Å². The molecule has 0 atom stereocenters. The van der Waals surface area contributed by atoms with Crippen molar-refractivity contribution in [3.8, 4) is 44.5 Å². The predicted molar refractivity (Wildman–Crippen MR) is 302 cm³/mol. The van der Waals surface area contributed by atoms with Gasteiger partial charge in [-0.25, -0.2) is 0 Å². The zero-order chi connectivity index (χ0) is 47.6. The molecule has 2 heteroatoms. The Labute approximate surface area is 414 Å². The minimum absolute atomic E-state index is 0.170. The number of carbonyl (C=O) groups is 2. The van der Waals surface area contributed by atoms with Gasteiger partial charge in [0.1, 0.15) is 0 Å². The maximum absolute atomic E-state index is 17.3. The molecule has 14 aromatic rings. The van der Waals surface area contributed by atoms with E-state index < -0.39 is 0 Å². The van der Waals surface area contributed by atoms with E-state index in [-0.39, 0.29) is 11.6 Å². The summed E-state index contributed by atoms with van der Waals surface area (Å²) in [4.78, 5) is 34.5. The number of hydrogen-bond donors (Lipinski definition) is 0. The summed E-state index contributed by atoms with van der Waals surface area (Å²) in [5.74, 6) is -0.340. The molecule has 0 bridgehead atoms. The van der Waals surface area contributed by atoms with Gasteiger partial charge in [-0.1, -0.05) is 218 Å². The molecule has 1 aliphatic carbocycles. The molecule has 0 aliphatic heterocycles. The van der Waals surface area contributed by atoms with Crippen LogP contribution >= 0.6 is 0 Å². The zero-order valence-corrected chi connectivity index (χ0v) is 38.9. The van der Waals surface area contributed by atoms with Crippen LogP contribution in [0.5, 0.6) is 0 Å². The molecule has 14 aromatic carbocycles. The topological polar surface area (TPSA) is 34.1 Å². The minimum atomic E-state index is -0.170. The first kappa shape index (κ1) is 40.4. The Morgan fingerprint density at radius 3 is 0.486 bits per heavy atom. The Hall–Kier alpha value is -9.50. The monoisotopic (exact) mass is 912 g/mol. The number of ketones is 2. The Morgan fingerprint density at radius 2 is 0.319 bits per heavy atom. The van der Waals surface area contributed by atoms with Gasteiger partial charge < -0.3 is 0 Å². The van der Waals surface area contributed by atoms with Gasteiger partial charge in [-0.05, 0) is 155 Å². The smallest absolute Gasteiger partial charge is 0.195 e. The van der Waals surface area contributed by atoms with Gasteiger partial charge in [0, 0.05) is 22.3 Å². The van der Waals surface area contributed by atoms with Crippen molar-refractivity contribution in [3.05, 3.63) is 265 Å². The normalized spacial score (nSPS) is 12.5. The molecule has 0 amide bonds. The predicted octanol–water partition coefficient (Wildman–Crippen LogP) is 18.4. The Bertz CT molecular complexity index is 3910. The van der Waals surface area contributed by atoms with E-state index >= 15 is 9.59 Å². The molecular weight excluding hydrogens is 873 g/mol. The molecular formula is C70H40O2. The summed E-state index contributed by atoms with van der Waals surface area (Å²) in [6, 6.07) is 84.8. The maximum Gasteiger partial charge on any atom is 0.195 e. The van der Waals surface area contributed by atoms with Crippen LogP contribution in [-0.4, -0.2) is 11.6 Å². The van der Waals surface area contributed by atoms with Crippen molar-refractivity contribution in [2.45, 2.75) is 0 Å². The highest BCUT2D eigenvalue weighted by molar-refractivity contribution is 6.38. The first-order valence-corrected chi connectivity index (χ1v) is 24.7. The number of fused-ring (bicyclic) bond motifs is 10. The van der Waals surface area contributed by atoms with Crippen LogP contribution in [0.1, 0.15) is 31.8 Å². The SMILES string of the molecule is O=C1c2c(-c3c4ccccc4cc4ccccc34)ccc(-c3c4ccccc4cc4ccccc34)c2C(=O)c2c(-c3c4ccccc4cc4ccccc34)ccc(-c3c4ccccc4cc4ccccc34)c21. The average Bonchev–Trinajstić information content (AvgIpc) is 3.43. The van der Waals surface area contributed by atoms with Crippen LogP contribution in [0, 0.1) is 0 Å². The van der Waals surface area contributed by atoms with E-state index in [1.165, 1.54) is 0 Å². The standard InChI is InChI=1S/C70H40O2/c71-69-65-57(61-49-25-9-1-17-41(49)37-42-18-2-10-26-50(42)61)33-34-58(62-51-27-11-3-19-43(51)38-44-20-4-12-28-52(44)62)66(65)70(72)68-60(64-55-31-15-7-23-47(55)40-48-24-8-16-32-56(48)64)36-35-59(67(68)69)63-53-29-13-5-21-45(53)39-46-22-6-14-30-54(46)63/h1-40H. The van der Waals surface area contributed by atoms with Crippen molar-refractivity contribution < 1.29 is 9.59 Å². The van der Waals surface area contributed by atoms with Crippen molar-refractivity contribution in [2.24, 2.45) is 0 Å². The summed E-state index contributed by atoms with van der Waals surface area (Å²) in [6.07, 6.45) is 0. The molecule has 0 saturated carbocycles. The number of rotatable bonds is 4. The Balaban J connectivity index is 1.16. The second kappa shape index (κ2) is 15.5. The van der Waals surface area contributed by atoms with Crippen LogP contribution < -0.4 is 0 Å². The Kier molecular flexibility index (Phi) is 8.70. The van der Waals surface area contributed by atoms with Gasteiger partial charge in [-0.3, -0.25) is 9.59 Å². The van der Waals surface area contributed by atoms with E-state index in [0.29, 0.717) is 22.3 Å². The van der Waals surface area contributed by atoms with Crippen molar-refractivity contribution in [1.29, 1.82) is 0 Å². The quantitative estimate of drug-likeness (QED) is 0.165. The molecule has 0 radical (unpaired) electrons. The molecule has 15 rings (SSSR count). The lowest BCUT2D eigenvalue weighted by Crippen LogP contribution is -2.25. The van der Waals surface area contributed by atoms with Gasteiger partial charge in [0.2, 0.25) is 0 Å². The van der Waals surface area contributed by atoms with E-state index in [9.17, 15) is 0 Å². The molecule has 1 aliphatic rings. The fourth-order valence-electron chi connectivity index (χ4n) is 12.4. The fourth-order valence-corrected chi connectivity index (χ4v) is 12.4. The molecule has 0 unspecified atom stereocenters. The van der Waals surface area contributed by atoms with E-state index in [1.807, 2.05) is 0 Å². The van der Waals surface area contributed by atoms with Crippen LogP contribution in [0.3, 0.4) is 0 Å². The van der Waals surface area contributed by atoms with Gasteiger partial charge in [-0.15, -0.1) is 0 Å². The van der Waals surface area contributed by atoms with Gasteiger partial charge in [0.25, 0.3) is 0 Å². The van der Waals surface area contributed by atoms with Gasteiger partial charge in [0.05, 0.1) is 0 Å². The van der Waals surface area contributed by atoms with E-state index in [0.717, 1.165) is 131 Å². The second-order valence-corrected chi connectivity index (χ2v) is 19.3. The van der Waals surface area contributed by atoms with E-state index in [4.69, 9.17) is 0 Å². The van der Waals surface area contributed by atoms with Crippen LogP contribution in [0.4, 0.5) is 0 Å². The van der Waals surface area contributed by atoms with E-state index in [2.05, 4.69) is 243 Å². The number of benzene rings is 14. The molecule has 332 valence electrons. The third-order valence-corrected chi connectivity index (χ3v) is 15.5.